The lowest BCUT2D eigenvalue weighted by Crippen LogP contribution is -2.24. The molecule has 0 bridgehead atoms. The highest BCUT2D eigenvalue weighted by Crippen LogP contribution is 2.08. The molecule has 1 aromatic rings. The molecule has 5 nitrogen and oxygen atoms in total. The van der Waals surface area contributed by atoms with E-state index in [0.29, 0.717) is 24.1 Å². The molecule has 1 rings (SSSR count). The predicted molar refractivity (Wildman–Crippen MR) is 72.6 cm³/mol. The minimum Gasteiger partial charge on any atom is -0.366 e. The van der Waals surface area contributed by atoms with E-state index in [-0.39, 0.29) is 5.91 Å². The normalized spacial score (nSPS) is 11.9. The molecule has 2 N–H and O–H groups in total. The Hall–Kier alpha value is -1.65. The van der Waals surface area contributed by atoms with E-state index in [1.807, 2.05) is 6.92 Å². The fourth-order valence-corrected chi connectivity index (χ4v) is 1.62. The summed E-state index contributed by atoms with van der Waals surface area (Å²) in [6.07, 6.45) is 3.49. The Bertz CT molecular complexity index is 364. The second kappa shape index (κ2) is 7.63. The van der Waals surface area contributed by atoms with Gasteiger partial charge in [-0.05, 0) is 32.4 Å². The van der Waals surface area contributed by atoms with Crippen LogP contribution in [0.2, 0.25) is 0 Å². The summed E-state index contributed by atoms with van der Waals surface area (Å²) in [6, 6.07) is 3.85. The molecule has 1 heterocycles. The van der Waals surface area contributed by atoms with Gasteiger partial charge in [-0.2, -0.15) is 0 Å². The molecule has 0 saturated heterocycles. The Balaban J connectivity index is 2.52. The third kappa shape index (κ3) is 4.69. The van der Waals surface area contributed by atoms with Crippen molar-refractivity contribution in [3.05, 3.63) is 17.8 Å². The summed E-state index contributed by atoms with van der Waals surface area (Å²) in [5.74, 6) is 0.530. The molecule has 0 aliphatic carbocycles. The fourth-order valence-electron chi connectivity index (χ4n) is 1.62. The van der Waals surface area contributed by atoms with E-state index in [2.05, 4.69) is 34.7 Å². The topological polar surface area (TPSA) is 66.9 Å². The molecule has 100 valence electrons. The molecule has 0 fully saturated rings. The van der Waals surface area contributed by atoms with Crippen LogP contribution in [-0.4, -0.2) is 28.7 Å². The van der Waals surface area contributed by atoms with E-state index < -0.39 is 0 Å². The molecule has 5 heteroatoms. The molecule has 0 spiro atoms. The lowest BCUT2D eigenvalue weighted by atomic mass is 10.1. The molecule has 18 heavy (non-hydrogen) atoms. The van der Waals surface area contributed by atoms with Crippen molar-refractivity contribution in [2.24, 2.45) is 0 Å². The molecule has 1 amide bonds. The molecule has 0 aliphatic heterocycles. The van der Waals surface area contributed by atoms with Crippen molar-refractivity contribution in [2.45, 2.75) is 46.1 Å². The highest BCUT2D eigenvalue weighted by atomic mass is 16.1. The first-order chi connectivity index (χ1) is 8.67. The molecular formula is C13H22N4O. The maximum absolute atomic E-state index is 11.5. The van der Waals surface area contributed by atoms with E-state index in [0.717, 1.165) is 6.42 Å². The van der Waals surface area contributed by atoms with E-state index >= 15 is 0 Å². The fraction of sp³-hybridized carbons (Fsp3) is 0.615. The van der Waals surface area contributed by atoms with Gasteiger partial charge in [0.1, 0.15) is 5.82 Å². The molecule has 1 unspecified atom stereocenters. The summed E-state index contributed by atoms with van der Waals surface area (Å²) in [4.78, 5) is 11.5. The van der Waals surface area contributed by atoms with Crippen molar-refractivity contribution < 1.29 is 4.79 Å². The van der Waals surface area contributed by atoms with Gasteiger partial charge < -0.3 is 10.6 Å². The number of nitrogens with zero attached hydrogens (tertiary/aromatic N) is 2. The van der Waals surface area contributed by atoms with Crippen LogP contribution in [0.25, 0.3) is 0 Å². The highest BCUT2D eigenvalue weighted by Gasteiger charge is 2.07. The third-order valence-corrected chi connectivity index (χ3v) is 2.62. The number of rotatable bonds is 7. The molecular weight excluding hydrogens is 228 g/mol. The number of anilines is 1. The van der Waals surface area contributed by atoms with Crippen LogP contribution in [0.1, 0.15) is 50.5 Å². The van der Waals surface area contributed by atoms with Crippen LogP contribution in [0.3, 0.4) is 0 Å². The van der Waals surface area contributed by atoms with Gasteiger partial charge in [-0.15, -0.1) is 10.2 Å². The van der Waals surface area contributed by atoms with Crippen molar-refractivity contribution in [3.8, 4) is 0 Å². The highest BCUT2D eigenvalue weighted by molar-refractivity contribution is 5.92. The average Bonchev–Trinajstić information content (AvgIpc) is 2.37. The van der Waals surface area contributed by atoms with Gasteiger partial charge in [0.05, 0.1) is 0 Å². The van der Waals surface area contributed by atoms with E-state index in [9.17, 15) is 4.79 Å². The monoisotopic (exact) mass is 250 g/mol. The zero-order chi connectivity index (χ0) is 13.4. The third-order valence-electron chi connectivity index (χ3n) is 2.62. The number of hydrogen-bond acceptors (Lipinski definition) is 4. The van der Waals surface area contributed by atoms with Gasteiger partial charge in [0.15, 0.2) is 5.69 Å². The van der Waals surface area contributed by atoms with Crippen LogP contribution >= 0.6 is 0 Å². The van der Waals surface area contributed by atoms with Gasteiger partial charge in [0, 0.05) is 12.6 Å². The Morgan fingerprint density at radius 3 is 2.67 bits per heavy atom. The van der Waals surface area contributed by atoms with Crippen molar-refractivity contribution >= 4 is 11.7 Å². The second-order valence-electron chi connectivity index (χ2n) is 4.35. The smallest absolute Gasteiger partial charge is 0.271 e. The molecule has 1 aromatic heterocycles. The number of aromatic nitrogens is 2. The molecule has 1 atom stereocenters. The van der Waals surface area contributed by atoms with E-state index in [1.54, 1.807) is 12.1 Å². The minimum absolute atomic E-state index is 0.185. The largest absolute Gasteiger partial charge is 0.366 e. The average molecular weight is 250 g/mol. The zero-order valence-electron chi connectivity index (χ0n) is 11.4. The van der Waals surface area contributed by atoms with Crippen LogP contribution in [-0.2, 0) is 0 Å². The van der Waals surface area contributed by atoms with Crippen molar-refractivity contribution in [1.29, 1.82) is 0 Å². The number of hydrogen-bond donors (Lipinski definition) is 2. The maximum atomic E-state index is 11.5. The number of carbonyl (C=O) groups excluding carboxylic acids is 1. The van der Waals surface area contributed by atoms with Crippen LogP contribution < -0.4 is 10.6 Å². The van der Waals surface area contributed by atoms with E-state index in [1.165, 1.54) is 12.8 Å². The number of carbonyl (C=O) groups is 1. The molecule has 0 aliphatic rings. The first-order valence-corrected chi connectivity index (χ1v) is 6.55. The molecule has 0 aromatic carbocycles. The summed E-state index contributed by atoms with van der Waals surface area (Å²) in [5, 5.41) is 13.9. The van der Waals surface area contributed by atoms with Crippen molar-refractivity contribution in [3.63, 3.8) is 0 Å². The van der Waals surface area contributed by atoms with Gasteiger partial charge >= 0.3 is 0 Å². The van der Waals surface area contributed by atoms with Crippen LogP contribution in [0.15, 0.2) is 12.1 Å². The summed E-state index contributed by atoms with van der Waals surface area (Å²) < 4.78 is 0. The van der Waals surface area contributed by atoms with Gasteiger partial charge in [-0.3, -0.25) is 4.79 Å². The van der Waals surface area contributed by atoms with Crippen molar-refractivity contribution in [2.75, 3.05) is 11.9 Å². The SMILES string of the molecule is CCCCC(C)Nc1ccc(C(=O)NCC)nn1. The Morgan fingerprint density at radius 2 is 2.11 bits per heavy atom. The molecule has 0 saturated carbocycles. The Labute approximate surface area is 108 Å². The maximum Gasteiger partial charge on any atom is 0.271 e. The predicted octanol–water partition coefficient (Wildman–Crippen LogP) is 2.22. The zero-order valence-corrected chi connectivity index (χ0v) is 11.4. The summed E-state index contributed by atoms with van der Waals surface area (Å²) >= 11 is 0. The second-order valence-corrected chi connectivity index (χ2v) is 4.35. The number of nitrogens with one attached hydrogen (secondary N) is 2. The minimum atomic E-state index is -0.185. The quantitative estimate of drug-likeness (QED) is 0.778. The van der Waals surface area contributed by atoms with Gasteiger partial charge in [0.2, 0.25) is 0 Å². The Morgan fingerprint density at radius 1 is 1.33 bits per heavy atom. The van der Waals surface area contributed by atoms with Gasteiger partial charge in [-0.25, -0.2) is 0 Å². The number of amides is 1. The first-order valence-electron chi connectivity index (χ1n) is 6.55. The summed E-state index contributed by atoms with van der Waals surface area (Å²) in [7, 11) is 0. The van der Waals surface area contributed by atoms with Crippen LogP contribution in [0.5, 0.6) is 0 Å². The van der Waals surface area contributed by atoms with Crippen molar-refractivity contribution in [1.82, 2.24) is 15.5 Å². The lowest BCUT2D eigenvalue weighted by molar-refractivity contribution is 0.0950. The number of unbranched alkanes of at least 4 members (excludes halogenated alkanes) is 1. The van der Waals surface area contributed by atoms with Crippen LogP contribution in [0, 0.1) is 0 Å². The van der Waals surface area contributed by atoms with Crippen LogP contribution in [0.4, 0.5) is 5.82 Å². The van der Waals surface area contributed by atoms with E-state index in [4.69, 9.17) is 0 Å². The summed E-state index contributed by atoms with van der Waals surface area (Å²) in [6.45, 7) is 6.76. The first kappa shape index (κ1) is 14.4. The van der Waals surface area contributed by atoms with Gasteiger partial charge in [-0.1, -0.05) is 19.8 Å². The Kier molecular flexibility index (Phi) is 6.11. The molecule has 0 radical (unpaired) electrons. The van der Waals surface area contributed by atoms with Gasteiger partial charge in [0.25, 0.3) is 5.91 Å². The standard InChI is InChI=1S/C13H22N4O/c1-4-6-7-10(3)15-12-9-8-11(16-17-12)13(18)14-5-2/h8-10H,4-7H2,1-3H3,(H,14,18)(H,15,17). The lowest BCUT2D eigenvalue weighted by Gasteiger charge is -2.13. The summed E-state index contributed by atoms with van der Waals surface area (Å²) in [5.41, 5.74) is 0.351.